The third-order valence-electron chi connectivity index (χ3n) is 5.65. The van der Waals surface area contributed by atoms with Crippen molar-refractivity contribution in [1.82, 2.24) is 19.9 Å². The minimum Gasteiger partial charge on any atom is -0.366 e. The fourth-order valence-electron chi connectivity index (χ4n) is 4.22. The number of primary amides is 1. The number of amides is 1. The maximum atomic E-state index is 12.6. The monoisotopic (exact) mass is 481 g/mol. The predicted molar refractivity (Wildman–Crippen MR) is 131 cm³/mol. The molecule has 5 heterocycles. The van der Waals surface area contributed by atoms with E-state index in [-0.39, 0.29) is 17.4 Å². The number of nitrogens with zero attached hydrogens (tertiary/aromatic N) is 2. The van der Waals surface area contributed by atoms with Gasteiger partial charge in [-0.05, 0) is 66.2 Å². The summed E-state index contributed by atoms with van der Waals surface area (Å²) in [5, 5.41) is 0. The van der Waals surface area contributed by atoms with Crippen LogP contribution in [0, 0.1) is 0 Å². The quantitative estimate of drug-likeness (QED) is 0.333. The van der Waals surface area contributed by atoms with Gasteiger partial charge in [0.15, 0.2) is 0 Å². The van der Waals surface area contributed by atoms with Crippen LogP contribution in [0.1, 0.15) is 28.3 Å². The Bertz CT molecular complexity index is 1640. The van der Waals surface area contributed by atoms with Gasteiger partial charge in [-0.2, -0.15) is 0 Å². The summed E-state index contributed by atoms with van der Waals surface area (Å²) < 4.78 is 0. The van der Waals surface area contributed by atoms with Crippen molar-refractivity contribution in [3.05, 3.63) is 107 Å². The van der Waals surface area contributed by atoms with Crippen LogP contribution < -0.4 is 5.73 Å². The van der Waals surface area contributed by atoms with Gasteiger partial charge in [-0.15, -0.1) is 0 Å². The molecular weight excluding hydrogens is 462 g/mol. The maximum absolute atomic E-state index is 12.6. The molecule has 6 nitrogen and oxygen atoms in total. The van der Waals surface area contributed by atoms with Crippen LogP contribution in [0.2, 0.25) is 0 Å². The summed E-state index contributed by atoms with van der Waals surface area (Å²) in [5.74, 6) is -0.525. The number of benzene rings is 1. The number of carbonyl (C=O) groups is 1. The minimum atomic E-state index is -0.525. The van der Waals surface area contributed by atoms with E-state index in [1.54, 1.807) is 6.07 Å². The van der Waals surface area contributed by atoms with Crippen LogP contribution >= 0.6 is 0 Å². The van der Waals surface area contributed by atoms with Crippen LogP contribution in [0.15, 0.2) is 78.9 Å². The average Bonchev–Trinajstić information content (AvgIpc) is 3.58. The number of aromatic nitrogens is 4. The Balaban J connectivity index is 0.00000241. The molecule has 164 valence electrons. The molecule has 4 aromatic rings. The van der Waals surface area contributed by atoms with Crippen molar-refractivity contribution >= 4 is 51.3 Å². The van der Waals surface area contributed by atoms with Gasteiger partial charge in [-0.3, -0.25) is 4.79 Å². The second-order valence-electron chi connectivity index (χ2n) is 7.97. The molecular formula is C27H19CrN5O. The van der Waals surface area contributed by atoms with Gasteiger partial charge >= 0.3 is 0 Å². The van der Waals surface area contributed by atoms with Crippen molar-refractivity contribution in [2.75, 3.05) is 0 Å². The summed E-state index contributed by atoms with van der Waals surface area (Å²) in [6, 6.07) is 25.5. The number of fused-ring (bicyclic) bond motifs is 8. The molecule has 0 atom stereocenters. The molecule has 4 N–H and O–H groups in total. The zero-order chi connectivity index (χ0) is 22.4. The molecule has 1 amide bonds. The molecule has 34 heavy (non-hydrogen) atoms. The largest absolute Gasteiger partial charge is 0.366 e. The Morgan fingerprint density at radius 3 is 1.91 bits per heavy atom. The predicted octanol–water partition coefficient (Wildman–Crippen LogP) is 4.93. The first kappa shape index (κ1) is 21.7. The first-order valence-electron chi connectivity index (χ1n) is 10.6. The molecule has 0 spiro atoms. The molecule has 6 rings (SSSR count). The van der Waals surface area contributed by atoms with Crippen LogP contribution in [-0.4, -0.2) is 25.8 Å². The second-order valence-corrected chi connectivity index (χ2v) is 7.97. The molecule has 7 heteroatoms. The first-order chi connectivity index (χ1) is 16.1. The van der Waals surface area contributed by atoms with E-state index in [1.165, 1.54) is 0 Å². The Hall–Kier alpha value is -4.18. The van der Waals surface area contributed by atoms with Crippen LogP contribution in [0.5, 0.6) is 0 Å². The van der Waals surface area contributed by atoms with Crippen LogP contribution in [0.3, 0.4) is 0 Å². The fourth-order valence-corrected chi connectivity index (χ4v) is 4.22. The van der Waals surface area contributed by atoms with Crippen molar-refractivity contribution in [3.63, 3.8) is 0 Å². The van der Waals surface area contributed by atoms with E-state index >= 15 is 0 Å². The molecule has 2 aliphatic heterocycles. The molecule has 0 radical (unpaired) electrons. The second kappa shape index (κ2) is 8.64. The molecule has 2 aliphatic rings. The summed E-state index contributed by atoms with van der Waals surface area (Å²) in [5.41, 5.74) is 14.3. The summed E-state index contributed by atoms with van der Waals surface area (Å²) in [6.07, 6.45) is 3.84. The van der Waals surface area contributed by atoms with Crippen molar-refractivity contribution in [3.8, 4) is 0 Å². The molecule has 3 aromatic heterocycles. The Morgan fingerprint density at radius 2 is 1.26 bits per heavy atom. The molecule has 1 aromatic carbocycles. The Morgan fingerprint density at radius 1 is 0.676 bits per heavy atom. The van der Waals surface area contributed by atoms with Crippen molar-refractivity contribution < 1.29 is 22.2 Å². The van der Waals surface area contributed by atoms with Gasteiger partial charge in [-0.1, -0.05) is 30.3 Å². The number of H-pyrrole nitrogens is 2. The Kier molecular flexibility index (Phi) is 5.50. The number of aromatic amines is 2. The smallest absolute Gasteiger partial charge is 0.251 e. The molecule has 0 fully saturated rings. The summed E-state index contributed by atoms with van der Waals surface area (Å²) in [7, 11) is 0. The first-order valence-corrected chi connectivity index (χ1v) is 10.6. The summed E-state index contributed by atoms with van der Waals surface area (Å²) >= 11 is 0. The van der Waals surface area contributed by atoms with Gasteiger partial charge in [0.2, 0.25) is 0 Å². The number of carbonyl (C=O) groups excluding carboxylic acids is 1. The van der Waals surface area contributed by atoms with Gasteiger partial charge in [0, 0.05) is 45.0 Å². The van der Waals surface area contributed by atoms with Crippen LogP contribution in [0.25, 0.3) is 45.4 Å². The van der Waals surface area contributed by atoms with E-state index in [0.717, 1.165) is 33.3 Å². The molecule has 0 unspecified atom stereocenters. The van der Waals surface area contributed by atoms with E-state index in [0.29, 0.717) is 28.2 Å². The third-order valence-corrected chi connectivity index (χ3v) is 5.65. The van der Waals surface area contributed by atoms with E-state index in [2.05, 4.69) is 15.0 Å². The zero-order valence-corrected chi connectivity index (χ0v) is 19.2. The standard InChI is InChI=1S/C27H19N5O.Cr/c28-27(33)26-24-15-22-11-9-20(31-22)13-18-7-6-17(29-18)12-19-8-10-21(30-19)14-23(32-24)25(26)16-4-2-1-3-5-16;/h1-15,29-30H,(H2,28,33);. The Labute approximate surface area is 206 Å². The van der Waals surface area contributed by atoms with Crippen LogP contribution in [0.4, 0.5) is 0 Å². The minimum absolute atomic E-state index is 0. The SMILES string of the molecule is NC(=O)C1=C(c2ccccc2)c2cc3ccc(cc4ccc(cc5nc(cc1n2)C=C5)[nH]4)[nH]3.[Cr]. The normalized spacial score (nSPS) is 12.5. The van der Waals surface area contributed by atoms with Crippen molar-refractivity contribution in [1.29, 1.82) is 0 Å². The van der Waals surface area contributed by atoms with Crippen molar-refractivity contribution in [2.24, 2.45) is 5.73 Å². The van der Waals surface area contributed by atoms with E-state index in [4.69, 9.17) is 10.7 Å². The van der Waals surface area contributed by atoms with E-state index in [9.17, 15) is 4.79 Å². The van der Waals surface area contributed by atoms with Gasteiger partial charge in [0.05, 0.1) is 28.3 Å². The summed E-state index contributed by atoms with van der Waals surface area (Å²) in [4.78, 5) is 28.9. The zero-order valence-electron chi connectivity index (χ0n) is 17.9. The van der Waals surface area contributed by atoms with Gasteiger partial charge in [0.1, 0.15) is 0 Å². The number of nitrogens with one attached hydrogen (secondary N) is 2. The molecule has 0 aliphatic carbocycles. The average molecular weight is 481 g/mol. The van der Waals surface area contributed by atoms with Gasteiger partial charge < -0.3 is 15.7 Å². The molecule has 0 saturated heterocycles. The maximum Gasteiger partial charge on any atom is 0.251 e. The van der Waals surface area contributed by atoms with E-state index < -0.39 is 5.91 Å². The molecule has 0 saturated carbocycles. The van der Waals surface area contributed by atoms with Gasteiger partial charge in [-0.25, -0.2) is 9.97 Å². The number of rotatable bonds is 2. The van der Waals surface area contributed by atoms with Crippen molar-refractivity contribution in [2.45, 2.75) is 0 Å². The number of hydrogen-bond donors (Lipinski definition) is 3. The van der Waals surface area contributed by atoms with E-state index in [1.807, 2.05) is 84.9 Å². The fraction of sp³-hybridized carbons (Fsp3) is 0. The number of hydrogen-bond acceptors (Lipinski definition) is 3. The molecule has 8 bridgehead atoms. The van der Waals surface area contributed by atoms with Crippen LogP contribution in [-0.2, 0) is 22.2 Å². The third kappa shape index (κ3) is 3.99. The van der Waals surface area contributed by atoms with Gasteiger partial charge in [0.25, 0.3) is 5.91 Å². The topological polar surface area (TPSA) is 100 Å². The number of nitrogens with two attached hydrogens (primary N) is 1. The summed E-state index contributed by atoms with van der Waals surface area (Å²) in [6.45, 7) is 0.